The molecule has 130 valence electrons. The molecule has 26 heavy (non-hydrogen) atoms. The van der Waals surface area contributed by atoms with E-state index in [2.05, 4.69) is 10.9 Å². The van der Waals surface area contributed by atoms with Gasteiger partial charge in [-0.15, -0.1) is 0 Å². The first kappa shape index (κ1) is 17.4. The number of rotatable bonds is 5. The van der Waals surface area contributed by atoms with Crippen LogP contribution in [0.5, 0.6) is 0 Å². The van der Waals surface area contributed by atoms with Gasteiger partial charge in [-0.25, -0.2) is 0 Å². The standard InChI is InChI=1S/C22H20N2O2/c25-21(15-13-17-7-2-1-3-8-17)23-24-22(26)16-14-19-11-6-10-18-9-4-5-12-20(18)19/h1-12,14,16H,13,15H2,(H,23,25)(H,24,26)/b16-14+. The lowest BCUT2D eigenvalue weighted by Gasteiger charge is -2.06. The second-order valence-corrected chi connectivity index (χ2v) is 5.92. The summed E-state index contributed by atoms with van der Waals surface area (Å²) in [5, 5.41) is 2.19. The molecule has 0 aliphatic rings. The highest BCUT2D eigenvalue weighted by atomic mass is 16.2. The van der Waals surface area contributed by atoms with Crippen molar-refractivity contribution in [2.24, 2.45) is 0 Å². The van der Waals surface area contributed by atoms with Crippen LogP contribution in [0.3, 0.4) is 0 Å². The van der Waals surface area contributed by atoms with Gasteiger partial charge in [-0.1, -0.05) is 72.8 Å². The maximum atomic E-state index is 11.9. The fourth-order valence-corrected chi connectivity index (χ4v) is 2.70. The Kier molecular flexibility index (Phi) is 5.78. The molecule has 0 aliphatic heterocycles. The number of hydrogen-bond donors (Lipinski definition) is 2. The number of benzene rings is 3. The second-order valence-electron chi connectivity index (χ2n) is 5.92. The van der Waals surface area contributed by atoms with Crippen LogP contribution in [0.2, 0.25) is 0 Å². The van der Waals surface area contributed by atoms with E-state index in [9.17, 15) is 9.59 Å². The molecule has 2 N–H and O–H groups in total. The topological polar surface area (TPSA) is 58.2 Å². The quantitative estimate of drug-likeness (QED) is 0.548. The molecule has 0 radical (unpaired) electrons. The molecule has 0 fully saturated rings. The highest BCUT2D eigenvalue weighted by molar-refractivity contribution is 5.97. The summed E-state index contributed by atoms with van der Waals surface area (Å²) in [6, 6.07) is 23.7. The fraction of sp³-hybridized carbons (Fsp3) is 0.0909. The van der Waals surface area contributed by atoms with E-state index in [0.717, 1.165) is 21.9 Å². The second kappa shape index (κ2) is 8.62. The Bertz CT molecular complexity index is 928. The minimum absolute atomic E-state index is 0.222. The van der Waals surface area contributed by atoms with Crippen molar-refractivity contribution in [1.82, 2.24) is 10.9 Å². The summed E-state index contributed by atoms with van der Waals surface area (Å²) in [7, 11) is 0. The summed E-state index contributed by atoms with van der Waals surface area (Å²) in [6.07, 6.45) is 4.11. The number of hydrogen-bond acceptors (Lipinski definition) is 2. The Morgan fingerprint density at radius 2 is 1.54 bits per heavy atom. The monoisotopic (exact) mass is 344 g/mol. The third-order valence-electron chi connectivity index (χ3n) is 4.05. The van der Waals surface area contributed by atoms with Crippen LogP contribution in [0, 0.1) is 0 Å². The molecule has 0 saturated carbocycles. The van der Waals surface area contributed by atoms with Crippen LogP contribution in [-0.4, -0.2) is 11.8 Å². The maximum Gasteiger partial charge on any atom is 0.262 e. The number of fused-ring (bicyclic) bond motifs is 1. The Hall–Kier alpha value is -3.40. The zero-order valence-electron chi connectivity index (χ0n) is 14.3. The molecule has 0 aromatic heterocycles. The minimum atomic E-state index is -0.369. The number of carbonyl (C=O) groups is 2. The van der Waals surface area contributed by atoms with Crippen LogP contribution in [0.25, 0.3) is 16.8 Å². The smallest absolute Gasteiger partial charge is 0.262 e. The fourth-order valence-electron chi connectivity index (χ4n) is 2.70. The summed E-state index contributed by atoms with van der Waals surface area (Å²) in [5.41, 5.74) is 6.89. The van der Waals surface area contributed by atoms with E-state index in [1.54, 1.807) is 6.08 Å². The molecule has 0 aliphatic carbocycles. The summed E-state index contributed by atoms with van der Waals surface area (Å²) in [5.74, 6) is -0.591. The highest BCUT2D eigenvalue weighted by Crippen LogP contribution is 2.19. The molecule has 3 aromatic rings. The minimum Gasteiger partial charge on any atom is -0.273 e. The lowest BCUT2D eigenvalue weighted by Crippen LogP contribution is -2.40. The summed E-state index contributed by atoms with van der Waals surface area (Å²) in [6.45, 7) is 0. The van der Waals surface area contributed by atoms with Crippen molar-refractivity contribution in [2.45, 2.75) is 12.8 Å². The third kappa shape index (κ3) is 4.80. The van der Waals surface area contributed by atoms with Crippen LogP contribution in [0.1, 0.15) is 17.5 Å². The third-order valence-corrected chi connectivity index (χ3v) is 4.05. The molecule has 0 bridgehead atoms. The molecule has 0 saturated heterocycles. The van der Waals surface area contributed by atoms with E-state index in [-0.39, 0.29) is 11.8 Å². The molecule has 3 rings (SSSR count). The van der Waals surface area contributed by atoms with Crippen LogP contribution in [-0.2, 0) is 16.0 Å². The van der Waals surface area contributed by atoms with Crippen molar-refractivity contribution < 1.29 is 9.59 Å². The highest BCUT2D eigenvalue weighted by Gasteiger charge is 2.03. The summed E-state index contributed by atoms with van der Waals surface area (Å²) < 4.78 is 0. The molecule has 4 nitrogen and oxygen atoms in total. The van der Waals surface area contributed by atoms with Gasteiger partial charge >= 0.3 is 0 Å². The first-order valence-corrected chi connectivity index (χ1v) is 8.51. The van der Waals surface area contributed by atoms with Crippen molar-refractivity contribution in [2.75, 3.05) is 0 Å². The first-order valence-electron chi connectivity index (χ1n) is 8.51. The number of hydrazine groups is 1. The molecule has 2 amide bonds. The Morgan fingerprint density at radius 1 is 0.808 bits per heavy atom. The van der Waals surface area contributed by atoms with Gasteiger partial charge in [0, 0.05) is 12.5 Å². The molecule has 0 spiro atoms. The SMILES string of the molecule is O=C(/C=C/c1cccc2ccccc12)NNC(=O)CCc1ccccc1. The van der Waals surface area contributed by atoms with Gasteiger partial charge in [0.2, 0.25) is 5.91 Å². The van der Waals surface area contributed by atoms with E-state index < -0.39 is 0 Å². The van der Waals surface area contributed by atoms with Crippen molar-refractivity contribution in [3.05, 3.63) is 90.0 Å². The van der Waals surface area contributed by atoms with Crippen molar-refractivity contribution >= 4 is 28.7 Å². The van der Waals surface area contributed by atoms with Crippen LogP contribution in [0.4, 0.5) is 0 Å². The molecule has 4 heteroatoms. The van der Waals surface area contributed by atoms with E-state index in [1.807, 2.05) is 72.8 Å². The first-order chi connectivity index (χ1) is 12.7. The number of carbonyl (C=O) groups excluding carboxylic acids is 2. The average Bonchev–Trinajstić information content (AvgIpc) is 2.70. The number of nitrogens with one attached hydrogen (secondary N) is 2. The lowest BCUT2D eigenvalue weighted by atomic mass is 10.0. The normalized spacial score (nSPS) is 10.8. The molecular weight excluding hydrogens is 324 g/mol. The van der Waals surface area contributed by atoms with Gasteiger partial charge in [0.1, 0.15) is 0 Å². The predicted molar refractivity (Wildman–Crippen MR) is 104 cm³/mol. The Balaban J connectivity index is 1.50. The van der Waals surface area contributed by atoms with Crippen molar-refractivity contribution in [3.8, 4) is 0 Å². The summed E-state index contributed by atoms with van der Waals surface area (Å²) in [4.78, 5) is 23.7. The molecular formula is C22H20N2O2. The molecule has 0 unspecified atom stereocenters. The zero-order valence-corrected chi connectivity index (χ0v) is 14.3. The zero-order chi connectivity index (χ0) is 18.2. The van der Waals surface area contributed by atoms with Crippen molar-refractivity contribution in [3.63, 3.8) is 0 Å². The number of aryl methyl sites for hydroxylation is 1. The van der Waals surface area contributed by atoms with Crippen LogP contribution >= 0.6 is 0 Å². The van der Waals surface area contributed by atoms with Gasteiger partial charge in [-0.2, -0.15) is 0 Å². The van der Waals surface area contributed by atoms with Gasteiger partial charge in [0.25, 0.3) is 5.91 Å². The van der Waals surface area contributed by atoms with Gasteiger partial charge in [0.05, 0.1) is 0 Å². The maximum absolute atomic E-state index is 11.9. The molecule has 0 heterocycles. The van der Waals surface area contributed by atoms with Gasteiger partial charge in [-0.05, 0) is 34.4 Å². The van der Waals surface area contributed by atoms with E-state index >= 15 is 0 Å². The summed E-state index contributed by atoms with van der Waals surface area (Å²) >= 11 is 0. The largest absolute Gasteiger partial charge is 0.273 e. The van der Waals surface area contributed by atoms with Crippen molar-refractivity contribution in [1.29, 1.82) is 0 Å². The van der Waals surface area contributed by atoms with Gasteiger partial charge in [0.15, 0.2) is 0 Å². The predicted octanol–water partition coefficient (Wildman–Crippen LogP) is 3.63. The molecule has 0 atom stereocenters. The molecule has 3 aromatic carbocycles. The average molecular weight is 344 g/mol. The lowest BCUT2D eigenvalue weighted by molar-refractivity contribution is -0.126. The van der Waals surface area contributed by atoms with E-state index in [1.165, 1.54) is 6.08 Å². The van der Waals surface area contributed by atoms with Gasteiger partial charge in [-0.3, -0.25) is 20.4 Å². The number of amides is 2. The van der Waals surface area contributed by atoms with Crippen LogP contribution < -0.4 is 10.9 Å². The van der Waals surface area contributed by atoms with E-state index in [0.29, 0.717) is 12.8 Å². The van der Waals surface area contributed by atoms with E-state index in [4.69, 9.17) is 0 Å². The Labute approximate surface area is 152 Å². The Morgan fingerprint density at radius 3 is 2.38 bits per heavy atom. The van der Waals surface area contributed by atoms with Crippen LogP contribution in [0.15, 0.2) is 78.9 Å². The van der Waals surface area contributed by atoms with Gasteiger partial charge < -0.3 is 0 Å².